The lowest BCUT2D eigenvalue weighted by Crippen LogP contribution is -2.27. The number of nitrogens with zero attached hydrogens (tertiary/aromatic N) is 2. The van der Waals surface area contributed by atoms with Gasteiger partial charge in [0, 0.05) is 13.2 Å². The molecular weight excluding hydrogens is 231 g/mol. The number of benzene rings is 1. The van der Waals surface area contributed by atoms with E-state index in [-0.39, 0.29) is 11.5 Å². The van der Waals surface area contributed by atoms with Crippen LogP contribution in [-0.2, 0) is 0 Å². The third-order valence-electron chi connectivity index (χ3n) is 2.69. The summed E-state index contributed by atoms with van der Waals surface area (Å²) in [6, 6.07) is 8.04. The lowest BCUT2D eigenvalue weighted by atomic mass is 10.1. The Bertz CT molecular complexity index is 569. The van der Waals surface area contributed by atoms with Crippen LogP contribution in [0.5, 0.6) is 0 Å². The molecule has 0 radical (unpaired) electrons. The molecule has 0 spiro atoms. The number of hydrogen-bond acceptors (Lipinski definition) is 2. The van der Waals surface area contributed by atoms with E-state index in [4.69, 9.17) is 0 Å². The average molecular weight is 244 g/mol. The smallest absolute Gasteiger partial charge is 0.261 e. The van der Waals surface area contributed by atoms with Crippen LogP contribution in [0, 0.1) is 12.7 Å². The lowest BCUT2D eigenvalue weighted by molar-refractivity contribution is 0.0989. The van der Waals surface area contributed by atoms with Gasteiger partial charge in [-0.15, -0.1) is 0 Å². The van der Waals surface area contributed by atoms with Gasteiger partial charge in [-0.3, -0.25) is 9.78 Å². The van der Waals surface area contributed by atoms with E-state index < -0.39 is 5.82 Å². The molecule has 3 nitrogen and oxygen atoms in total. The Hall–Kier alpha value is -2.23. The van der Waals surface area contributed by atoms with Gasteiger partial charge in [-0.05, 0) is 36.8 Å². The van der Waals surface area contributed by atoms with Crippen LogP contribution in [0.25, 0.3) is 0 Å². The minimum Gasteiger partial charge on any atom is -0.310 e. The van der Waals surface area contributed by atoms with Crippen molar-refractivity contribution in [3.8, 4) is 0 Å². The average Bonchev–Trinajstić information content (AvgIpc) is 2.38. The quantitative estimate of drug-likeness (QED) is 0.813. The van der Waals surface area contributed by atoms with Crippen LogP contribution in [0.3, 0.4) is 0 Å². The fraction of sp³-hybridized carbons (Fsp3) is 0.143. The van der Waals surface area contributed by atoms with Gasteiger partial charge in [-0.25, -0.2) is 4.39 Å². The predicted molar refractivity (Wildman–Crippen MR) is 68.1 cm³/mol. The molecule has 92 valence electrons. The molecule has 0 N–H and O–H groups in total. The molecule has 1 aromatic heterocycles. The van der Waals surface area contributed by atoms with E-state index in [1.165, 1.54) is 17.0 Å². The van der Waals surface area contributed by atoms with Crippen molar-refractivity contribution in [1.82, 2.24) is 4.98 Å². The van der Waals surface area contributed by atoms with E-state index in [1.54, 1.807) is 44.6 Å². The molecule has 2 aromatic rings. The maximum atomic E-state index is 13.7. The third kappa shape index (κ3) is 2.37. The Morgan fingerprint density at radius 2 is 2.11 bits per heavy atom. The van der Waals surface area contributed by atoms with E-state index in [9.17, 15) is 9.18 Å². The second-order valence-corrected chi connectivity index (χ2v) is 4.06. The number of hydrogen-bond donors (Lipinski definition) is 0. The molecule has 0 saturated carbocycles. The SMILES string of the molecule is Cc1ccc(C(=O)N(C)c2cccnc2)c(F)c1. The Morgan fingerprint density at radius 1 is 1.33 bits per heavy atom. The molecule has 1 amide bonds. The summed E-state index contributed by atoms with van der Waals surface area (Å²) in [5.74, 6) is -0.892. The zero-order valence-electron chi connectivity index (χ0n) is 10.2. The third-order valence-corrected chi connectivity index (χ3v) is 2.69. The highest BCUT2D eigenvalue weighted by molar-refractivity contribution is 6.05. The minimum absolute atomic E-state index is 0.0620. The summed E-state index contributed by atoms with van der Waals surface area (Å²) in [7, 11) is 1.60. The van der Waals surface area contributed by atoms with Crippen LogP contribution in [-0.4, -0.2) is 17.9 Å². The first-order valence-corrected chi connectivity index (χ1v) is 5.54. The highest BCUT2D eigenvalue weighted by atomic mass is 19.1. The molecule has 2 rings (SSSR count). The molecule has 0 atom stereocenters. The fourth-order valence-corrected chi connectivity index (χ4v) is 1.64. The first-order valence-electron chi connectivity index (χ1n) is 5.54. The fourth-order valence-electron chi connectivity index (χ4n) is 1.64. The van der Waals surface area contributed by atoms with Crippen LogP contribution in [0.1, 0.15) is 15.9 Å². The summed E-state index contributed by atoms with van der Waals surface area (Å²) in [5, 5.41) is 0. The van der Waals surface area contributed by atoms with E-state index in [0.29, 0.717) is 5.69 Å². The standard InChI is InChI=1S/C14H13FN2O/c1-10-5-6-12(13(15)8-10)14(18)17(2)11-4-3-7-16-9-11/h3-9H,1-2H3. The number of halogens is 1. The molecule has 0 bridgehead atoms. The monoisotopic (exact) mass is 244 g/mol. The molecule has 0 aliphatic carbocycles. The Balaban J connectivity index is 2.32. The first kappa shape index (κ1) is 12.2. The van der Waals surface area contributed by atoms with Gasteiger partial charge in [0.2, 0.25) is 0 Å². The highest BCUT2D eigenvalue weighted by Crippen LogP contribution is 2.16. The molecule has 4 heteroatoms. The lowest BCUT2D eigenvalue weighted by Gasteiger charge is -2.17. The van der Waals surface area contributed by atoms with Gasteiger partial charge in [-0.1, -0.05) is 6.07 Å². The van der Waals surface area contributed by atoms with Crippen molar-refractivity contribution in [1.29, 1.82) is 0 Å². The summed E-state index contributed by atoms with van der Waals surface area (Å²) in [6.07, 6.45) is 3.18. The Kier molecular flexibility index (Phi) is 3.37. The molecule has 18 heavy (non-hydrogen) atoms. The summed E-state index contributed by atoms with van der Waals surface area (Å²) in [4.78, 5) is 17.4. The number of anilines is 1. The van der Waals surface area contributed by atoms with Gasteiger partial charge in [0.05, 0.1) is 17.4 Å². The molecule has 0 aliphatic rings. The largest absolute Gasteiger partial charge is 0.310 e. The molecule has 0 aliphatic heterocycles. The number of carbonyl (C=O) groups excluding carboxylic acids is 1. The predicted octanol–water partition coefficient (Wildman–Crippen LogP) is 2.81. The first-order chi connectivity index (χ1) is 8.59. The van der Waals surface area contributed by atoms with Crippen LogP contribution in [0.4, 0.5) is 10.1 Å². The van der Waals surface area contributed by atoms with E-state index in [2.05, 4.69) is 4.98 Å². The second kappa shape index (κ2) is 4.96. The normalized spacial score (nSPS) is 10.2. The molecule has 1 heterocycles. The van der Waals surface area contributed by atoms with Crippen molar-refractivity contribution in [3.63, 3.8) is 0 Å². The van der Waals surface area contributed by atoms with Gasteiger partial charge in [0.25, 0.3) is 5.91 Å². The zero-order valence-corrected chi connectivity index (χ0v) is 10.2. The molecule has 0 saturated heterocycles. The van der Waals surface area contributed by atoms with Crippen molar-refractivity contribution in [3.05, 3.63) is 59.7 Å². The van der Waals surface area contributed by atoms with Gasteiger partial charge >= 0.3 is 0 Å². The van der Waals surface area contributed by atoms with E-state index in [0.717, 1.165) is 5.56 Å². The summed E-state index contributed by atoms with van der Waals surface area (Å²) >= 11 is 0. The van der Waals surface area contributed by atoms with E-state index in [1.807, 2.05) is 0 Å². The number of carbonyl (C=O) groups is 1. The van der Waals surface area contributed by atoms with Crippen LogP contribution < -0.4 is 4.90 Å². The van der Waals surface area contributed by atoms with Crippen molar-refractivity contribution in [2.45, 2.75) is 6.92 Å². The molecule has 1 aromatic carbocycles. The van der Waals surface area contributed by atoms with E-state index >= 15 is 0 Å². The van der Waals surface area contributed by atoms with Gasteiger partial charge < -0.3 is 4.90 Å². The highest BCUT2D eigenvalue weighted by Gasteiger charge is 2.17. The maximum absolute atomic E-state index is 13.7. The zero-order chi connectivity index (χ0) is 13.1. The van der Waals surface area contributed by atoms with Crippen LogP contribution in [0.15, 0.2) is 42.7 Å². The number of amides is 1. The van der Waals surface area contributed by atoms with Gasteiger partial charge in [0.15, 0.2) is 0 Å². The number of pyridine rings is 1. The number of aromatic nitrogens is 1. The van der Waals surface area contributed by atoms with Crippen LogP contribution >= 0.6 is 0 Å². The van der Waals surface area contributed by atoms with Crippen molar-refractivity contribution in [2.24, 2.45) is 0 Å². The maximum Gasteiger partial charge on any atom is 0.261 e. The van der Waals surface area contributed by atoms with Crippen molar-refractivity contribution >= 4 is 11.6 Å². The topological polar surface area (TPSA) is 33.2 Å². The summed E-state index contributed by atoms with van der Waals surface area (Å²) < 4.78 is 13.7. The summed E-state index contributed by atoms with van der Waals surface area (Å²) in [6.45, 7) is 1.78. The second-order valence-electron chi connectivity index (χ2n) is 4.06. The number of aryl methyl sites for hydroxylation is 1. The van der Waals surface area contributed by atoms with Crippen molar-refractivity contribution in [2.75, 3.05) is 11.9 Å². The Morgan fingerprint density at radius 3 is 2.72 bits per heavy atom. The van der Waals surface area contributed by atoms with Crippen molar-refractivity contribution < 1.29 is 9.18 Å². The van der Waals surface area contributed by atoms with Crippen LogP contribution in [0.2, 0.25) is 0 Å². The van der Waals surface area contributed by atoms with Gasteiger partial charge in [-0.2, -0.15) is 0 Å². The minimum atomic E-state index is -0.504. The number of rotatable bonds is 2. The Labute approximate surface area is 105 Å². The van der Waals surface area contributed by atoms with Gasteiger partial charge in [0.1, 0.15) is 5.82 Å². The molecular formula is C14H13FN2O. The summed E-state index contributed by atoms with van der Waals surface area (Å²) in [5.41, 5.74) is 1.47. The molecule has 0 fully saturated rings. The molecule has 0 unspecified atom stereocenters.